The van der Waals surface area contributed by atoms with Crippen LogP contribution in [0.25, 0.3) is 0 Å². The summed E-state index contributed by atoms with van der Waals surface area (Å²) in [6.45, 7) is 8.51. The largest absolute Gasteiger partial charge is 0.370 e. The third kappa shape index (κ3) is 3.58. The molecule has 4 heteroatoms. The molecule has 0 radical (unpaired) electrons. The highest BCUT2D eigenvalue weighted by atomic mass is 15.2. The lowest BCUT2D eigenvalue weighted by Crippen LogP contribution is -2.39. The zero-order valence-electron chi connectivity index (χ0n) is 12.4. The Morgan fingerprint density at radius 2 is 2.16 bits per heavy atom. The molecule has 1 atom stereocenters. The van der Waals surface area contributed by atoms with Crippen LogP contribution in [0.2, 0.25) is 0 Å². The maximum Gasteiger partial charge on any atom is 0.134 e. The van der Waals surface area contributed by atoms with Gasteiger partial charge >= 0.3 is 0 Å². The Kier molecular flexibility index (Phi) is 5.00. The Morgan fingerprint density at radius 1 is 1.32 bits per heavy atom. The van der Waals surface area contributed by atoms with Crippen molar-refractivity contribution in [3.8, 4) is 0 Å². The molecular weight excluding hydrogens is 236 g/mol. The summed E-state index contributed by atoms with van der Waals surface area (Å²) in [6.07, 6.45) is 6.22. The molecule has 106 valence electrons. The van der Waals surface area contributed by atoms with Gasteiger partial charge in [-0.25, -0.2) is 9.97 Å². The average molecular weight is 262 g/mol. The summed E-state index contributed by atoms with van der Waals surface area (Å²) in [5.41, 5.74) is 0. The first-order valence-corrected chi connectivity index (χ1v) is 7.60. The Bertz CT molecular complexity index is 405. The van der Waals surface area contributed by atoms with Gasteiger partial charge < -0.3 is 10.2 Å². The fourth-order valence-electron chi connectivity index (χ4n) is 2.77. The van der Waals surface area contributed by atoms with Crippen LogP contribution in [-0.2, 0) is 0 Å². The monoisotopic (exact) mass is 262 g/mol. The van der Waals surface area contributed by atoms with E-state index >= 15 is 0 Å². The van der Waals surface area contributed by atoms with Crippen molar-refractivity contribution in [1.82, 2.24) is 9.97 Å². The number of rotatable bonds is 5. The molecule has 1 aromatic rings. The Balaban J connectivity index is 2.19. The summed E-state index contributed by atoms with van der Waals surface area (Å²) >= 11 is 0. The number of nitrogens with zero attached hydrogens (tertiary/aromatic N) is 3. The van der Waals surface area contributed by atoms with Gasteiger partial charge in [0.15, 0.2) is 0 Å². The van der Waals surface area contributed by atoms with Crippen molar-refractivity contribution in [3.63, 3.8) is 0 Å². The van der Waals surface area contributed by atoms with E-state index in [2.05, 4.69) is 40.1 Å². The quantitative estimate of drug-likeness (QED) is 0.883. The standard InChI is InChI=1S/C15H26N4/c1-4-9-16-14-11-15(18-12(3)17-14)19-10-7-6-8-13(19)5-2/h11,13H,4-10H2,1-3H3,(H,16,17,18). The van der Waals surface area contributed by atoms with Crippen LogP contribution >= 0.6 is 0 Å². The summed E-state index contributed by atoms with van der Waals surface area (Å²) in [6, 6.07) is 2.75. The first-order chi connectivity index (χ1) is 9.24. The van der Waals surface area contributed by atoms with Crippen LogP contribution in [0.5, 0.6) is 0 Å². The number of nitrogens with one attached hydrogen (secondary N) is 1. The fourth-order valence-corrected chi connectivity index (χ4v) is 2.77. The highest BCUT2D eigenvalue weighted by Gasteiger charge is 2.22. The van der Waals surface area contributed by atoms with Crippen LogP contribution in [-0.4, -0.2) is 29.1 Å². The first-order valence-electron chi connectivity index (χ1n) is 7.60. The maximum atomic E-state index is 4.64. The van der Waals surface area contributed by atoms with Crippen LogP contribution < -0.4 is 10.2 Å². The van der Waals surface area contributed by atoms with Gasteiger partial charge in [-0.05, 0) is 39.0 Å². The highest BCUT2D eigenvalue weighted by Crippen LogP contribution is 2.26. The SMILES string of the molecule is CCCNc1cc(N2CCCCC2CC)nc(C)n1. The van der Waals surface area contributed by atoms with Crippen molar-refractivity contribution < 1.29 is 0 Å². The van der Waals surface area contributed by atoms with Gasteiger partial charge in [-0.15, -0.1) is 0 Å². The molecule has 1 aromatic heterocycles. The van der Waals surface area contributed by atoms with Crippen LogP contribution in [0.1, 0.15) is 51.8 Å². The maximum absolute atomic E-state index is 4.64. The van der Waals surface area contributed by atoms with Crippen molar-refractivity contribution in [2.45, 2.75) is 58.9 Å². The highest BCUT2D eigenvalue weighted by molar-refractivity contribution is 5.50. The molecule has 2 rings (SSSR count). The lowest BCUT2D eigenvalue weighted by atomic mass is 10.00. The topological polar surface area (TPSA) is 41.0 Å². The first kappa shape index (κ1) is 14.1. The predicted octanol–water partition coefficient (Wildman–Crippen LogP) is 3.38. The predicted molar refractivity (Wildman–Crippen MR) is 80.8 cm³/mol. The molecule has 1 fully saturated rings. The van der Waals surface area contributed by atoms with E-state index in [0.29, 0.717) is 6.04 Å². The molecule has 0 spiro atoms. The van der Waals surface area contributed by atoms with E-state index in [0.717, 1.165) is 37.0 Å². The van der Waals surface area contributed by atoms with Gasteiger partial charge in [0, 0.05) is 25.2 Å². The molecule has 1 aliphatic rings. The van der Waals surface area contributed by atoms with E-state index in [4.69, 9.17) is 0 Å². The lowest BCUT2D eigenvalue weighted by Gasteiger charge is -2.36. The normalized spacial score (nSPS) is 19.5. The summed E-state index contributed by atoms with van der Waals surface area (Å²) in [5, 5.41) is 3.37. The van der Waals surface area contributed by atoms with Gasteiger partial charge in [-0.3, -0.25) is 0 Å². The van der Waals surface area contributed by atoms with E-state index in [9.17, 15) is 0 Å². The molecule has 4 nitrogen and oxygen atoms in total. The van der Waals surface area contributed by atoms with Crippen LogP contribution in [0.15, 0.2) is 6.07 Å². The summed E-state index contributed by atoms with van der Waals surface area (Å²) in [4.78, 5) is 11.6. The van der Waals surface area contributed by atoms with Crippen LogP contribution in [0.4, 0.5) is 11.6 Å². The molecule has 1 N–H and O–H groups in total. The summed E-state index contributed by atoms with van der Waals surface area (Å²) in [5.74, 6) is 2.92. The molecule has 0 amide bonds. The Labute approximate surface area is 116 Å². The van der Waals surface area contributed by atoms with Crippen LogP contribution in [0.3, 0.4) is 0 Å². The third-order valence-electron chi connectivity index (χ3n) is 3.77. The van der Waals surface area contributed by atoms with E-state index < -0.39 is 0 Å². The molecule has 1 saturated heterocycles. The van der Waals surface area contributed by atoms with Crippen molar-refractivity contribution in [2.24, 2.45) is 0 Å². The van der Waals surface area contributed by atoms with Crippen molar-refractivity contribution in [3.05, 3.63) is 11.9 Å². The summed E-state index contributed by atoms with van der Waals surface area (Å²) < 4.78 is 0. The minimum absolute atomic E-state index is 0.641. The minimum atomic E-state index is 0.641. The molecule has 2 heterocycles. The van der Waals surface area contributed by atoms with E-state index in [-0.39, 0.29) is 0 Å². The molecule has 0 bridgehead atoms. The zero-order chi connectivity index (χ0) is 13.7. The van der Waals surface area contributed by atoms with Gasteiger partial charge in [-0.2, -0.15) is 0 Å². The number of hydrogen-bond donors (Lipinski definition) is 1. The molecule has 1 aliphatic heterocycles. The fraction of sp³-hybridized carbons (Fsp3) is 0.733. The van der Waals surface area contributed by atoms with Crippen molar-refractivity contribution in [1.29, 1.82) is 0 Å². The number of hydrogen-bond acceptors (Lipinski definition) is 4. The molecule has 19 heavy (non-hydrogen) atoms. The van der Waals surface area contributed by atoms with Crippen molar-refractivity contribution >= 4 is 11.6 Å². The second-order valence-corrected chi connectivity index (χ2v) is 5.34. The summed E-state index contributed by atoms with van der Waals surface area (Å²) in [7, 11) is 0. The number of piperidine rings is 1. The van der Waals surface area contributed by atoms with Crippen molar-refractivity contribution in [2.75, 3.05) is 23.3 Å². The smallest absolute Gasteiger partial charge is 0.134 e. The number of aromatic nitrogens is 2. The van der Waals surface area contributed by atoms with Gasteiger partial charge in [0.2, 0.25) is 0 Å². The molecule has 0 saturated carbocycles. The molecular formula is C15H26N4. The third-order valence-corrected chi connectivity index (χ3v) is 3.77. The number of anilines is 2. The molecule has 0 aromatic carbocycles. The second kappa shape index (κ2) is 6.73. The molecule has 1 unspecified atom stereocenters. The second-order valence-electron chi connectivity index (χ2n) is 5.34. The van der Waals surface area contributed by atoms with E-state index in [1.165, 1.54) is 25.7 Å². The lowest BCUT2D eigenvalue weighted by molar-refractivity contribution is 0.446. The van der Waals surface area contributed by atoms with Gasteiger partial charge in [0.25, 0.3) is 0 Å². The average Bonchev–Trinajstić information content (AvgIpc) is 2.44. The number of aryl methyl sites for hydroxylation is 1. The Hall–Kier alpha value is -1.32. The molecule has 0 aliphatic carbocycles. The Morgan fingerprint density at radius 3 is 2.89 bits per heavy atom. The zero-order valence-corrected chi connectivity index (χ0v) is 12.4. The van der Waals surface area contributed by atoms with Gasteiger partial charge in [0.05, 0.1) is 0 Å². The van der Waals surface area contributed by atoms with E-state index in [1.54, 1.807) is 0 Å². The van der Waals surface area contributed by atoms with Gasteiger partial charge in [0.1, 0.15) is 17.5 Å². The van der Waals surface area contributed by atoms with E-state index in [1.807, 2.05) is 6.92 Å². The minimum Gasteiger partial charge on any atom is -0.370 e. The van der Waals surface area contributed by atoms with Crippen LogP contribution in [0, 0.1) is 6.92 Å². The van der Waals surface area contributed by atoms with Gasteiger partial charge in [-0.1, -0.05) is 13.8 Å².